The molecule has 0 saturated carbocycles. The highest BCUT2D eigenvalue weighted by molar-refractivity contribution is 7.99. The molecule has 0 aliphatic rings. The van der Waals surface area contributed by atoms with Gasteiger partial charge in [0, 0.05) is 18.6 Å². The summed E-state index contributed by atoms with van der Waals surface area (Å²) in [7, 11) is 0. The standard InChI is InChI=1S/C11H9ClN6S/c12-7-1-2-9(15-5-7)19-11-10-14-3-4-18(10)6-8(16-11)17-13/h1-6,17H,13H2. The number of nitrogens with one attached hydrogen (secondary N) is 1. The van der Waals surface area contributed by atoms with E-state index in [1.54, 1.807) is 24.7 Å². The molecule has 0 unspecified atom stereocenters. The summed E-state index contributed by atoms with van der Waals surface area (Å²) in [6, 6.07) is 3.61. The Balaban J connectivity index is 2.03. The zero-order valence-electron chi connectivity index (χ0n) is 9.62. The second kappa shape index (κ2) is 5.04. The number of rotatable bonds is 3. The first-order valence-electron chi connectivity index (χ1n) is 5.36. The molecule has 3 aromatic heterocycles. The van der Waals surface area contributed by atoms with Crippen molar-refractivity contribution >= 4 is 34.8 Å². The Hall–Kier alpha value is -1.83. The number of imidazole rings is 1. The lowest BCUT2D eigenvalue weighted by Gasteiger charge is -2.06. The number of fused-ring (bicyclic) bond motifs is 1. The first-order chi connectivity index (χ1) is 9.26. The third-order valence-electron chi connectivity index (χ3n) is 2.39. The number of hydrazine groups is 1. The number of nitrogens with two attached hydrogens (primary N) is 1. The maximum atomic E-state index is 5.81. The lowest BCUT2D eigenvalue weighted by molar-refractivity contribution is 1.02. The topological polar surface area (TPSA) is 81.1 Å². The minimum atomic E-state index is 0.557. The van der Waals surface area contributed by atoms with E-state index in [0.717, 1.165) is 15.7 Å². The largest absolute Gasteiger partial charge is 0.307 e. The molecule has 0 spiro atoms. The Morgan fingerprint density at radius 1 is 1.32 bits per heavy atom. The van der Waals surface area contributed by atoms with Crippen LogP contribution < -0.4 is 11.3 Å². The summed E-state index contributed by atoms with van der Waals surface area (Å²) >= 11 is 7.21. The lowest BCUT2D eigenvalue weighted by Crippen LogP contribution is -2.10. The Bertz CT molecular complexity index is 711. The van der Waals surface area contributed by atoms with Crippen LogP contribution in [0.3, 0.4) is 0 Å². The van der Waals surface area contributed by atoms with Gasteiger partial charge in [-0.25, -0.2) is 20.8 Å². The minimum absolute atomic E-state index is 0.557. The number of halogens is 1. The molecule has 8 heteroatoms. The highest BCUT2D eigenvalue weighted by atomic mass is 35.5. The maximum Gasteiger partial charge on any atom is 0.170 e. The van der Waals surface area contributed by atoms with E-state index in [1.807, 2.05) is 16.7 Å². The molecule has 0 aromatic carbocycles. The van der Waals surface area contributed by atoms with E-state index in [9.17, 15) is 0 Å². The van der Waals surface area contributed by atoms with Crippen molar-refractivity contribution in [1.29, 1.82) is 0 Å². The van der Waals surface area contributed by atoms with Gasteiger partial charge in [0.15, 0.2) is 11.5 Å². The van der Waals surface area contributed by atoms with Crippen LogP contribution in [-0.2, 0) is 0 Å². The van der Waals surface area contributed by atoms with E-state index in [0.29, 0.717) is 10.8 Å². The summed E-state index contributed by atoms with van der Waals surface area (Å²) < 4.78 is 1.85. The Labute approximate surface area is 118 Å². The van der Waals surface area contributed by atoms with E-state index in [-0.39, 0.29) is 0 Å². The van der Waals surface area contributed by atoms with Gasteiger partial charge in [-0.3, -0.25) is 0 Å². The molecule has 19 heavy (non-hydrogen) atoms. The summed E-state index contributed by atoms with van der Waals surface area (Å²) in [5.41, 5.74) is 3.28. The summed E-state index contributed by atoms with van der Waals surface area (Å²) in [6.07, 6.45) is 6.90. The zero-order chi connectivity index (χ0) is 13.2. The second-order valence-electron chi connectivity index (χ2n) is 3.65. The van der Waals surface area contributed by atoms with Gasteiger partial charge in [-0.05, 0) is 23.9 Å². The van der Waals surface area contributed by atoms with Gasteiger partial charge in [0.1, 0.15) is 10.1 Å². The predicted molar refractivity (Wildman–Crippen MR) is 74.2 cm³/mol. The first-order valence-corrected chi connectivity index (χ1v) is 6.55. The van der Waals surface area contributed by atoms with E-state index < -0.39 is 0 Å². The predicted octanol–water partition coefficient (Wildman–Crippen LogP) is 2.21. The fourth-order valence-corrected chi connectivity index (χ4v) is 2.51. The van der Waals surface area contributed by atoms with Crippen molar-refractivity contribution in [3.63, 3.8) is 0 Å². The van der Waals surface area contributed by atoms with E-state index in [4.69, 9.17) is 17.4 Å². The average molecular weight is 293 g/mol. The molecule has 0 amide bonds. The SMILES string of the molecule is NNc1cn2ccnc2c(Sc2ccc(Cl)cn2)n1. The van der Waals surface area contributed by atoms with Gasteiger partial charge < -0.3 is 9.83 Å². The number of nitrogen functional groups attached to an aromatic ring is 1. The van der Waals surface area contributed by atoms with Crippen molar-refractivity contribution in [3.05, 3.63) is 41.9 Å². The van der Waals surface area contributed by atoms with Crippen LogP contribution in [0.1, 0.15) is 0 Å². The molecule has 0 fully saturated rings. The summed E-state index contributed by atoms with van der Waals surface area (Å²) in [5, 5.41) is 2.10. The Kier molecular flexibility index (Phi) is 3.24. The molecule has 6 nitrogen and oxygen atoms in total. The molecule has 0 bridgehead atoms. The van der Waals surface area contributed by atoms with Crippen molar-refractivity contribution in [1.82, 2.24) is 19.4 Å². The van der Waals surface area contributed by atoms with Gasteiger partial charge in [-0.15, -0.1) is 0 Å². The molecule has 0 atom stereocenters. The third-order valence-corrected chi connectivity index (χ3v) is 3.53. The molecule has 3 rings (SSSR count). The van der Waals surface area contributed by atoms with Crippen LogP contribution in [0.4, 0.5) is 5.82 Å². The average Bonchev–Trinajstić information content (AvgIpc) is 2.89. The second-order valence-corrected chi connectivity index (χ2v) is 5.10. The highest BCUT2D eigenvalue weighted by Gasteiger charge is 2.09. The molecule has 0 aliphatic heterocycles. The van der Waals surface area contributed by atoms with Crippen LogP contribution in [0, 0.1) is 0 Å². The summed E-state index contributed by atoms with van der Waals surface area (Å²) in [5.74, 6) is 5.96. The van der Waals surface area contributed by atoms with Crippen molar-refractivity contribution in [2.24, 2.45) is 5.84 Å². The number of pyridine rings is 1. The maximum absolute atomic E-state index is 5.81. The summed E-state index contributed by atoms with van der Waals surface area (Å²) in [4.78, 5) is 12.9. The molecule has 96 valence electrons. The van der Waals surface area contributed by atoms with Gasteiger partial charge >= 0.3 is 0 Å². The minimum Gasteiger partial charge on any atom is -0.307 e. The Morgan fingerprint density at radius 3 is 2.95 bits per heavy atom. The van der Waals surface area contributed by atoms with Crippen LogP contribution in [0.2, 0.25) is 5.02 Å². The van der Waals surface area contributed by atoms with Crippen LogP contribution in [0.15, 0.2) is 47.0 Å². The fourth-order valence-electron chi connectivity index (χ4n) is 1.56. The smallest absolute Gasteiger partial charge is 0.170 e. The van der Waals surface area contributed by atoms with Crippen molar-refractivity contribution in [3.8, 4) is 0 Å². The van der Waals surface area contributed by atoms with E-state index >= 15 is 0 Å². The van der Waals surface area contributed by atoms with Crippen LogP contribution in [0.5, 0.6) is 0 Å². The van der Waals surface area contributed by atoms with E-state index in [1.165, 1.54) is 11.8 Å². The molecule has 3 N–H and O–H groups in total. The summed E-state index contributed by atoms with van der Waals surface area (Å²) in [6.45, 7) is 0. The first kappa shape index (κ1) is 12.2. The molecule has 0 radical (unpaired) electrons. The monoisotopic (exact) mass is 292 g/mol. The number of hydrogen-bond acceptors (Lipinski definition) is 6. The quantitative estimate of drug-likeness (QED) is 0.569. The van der Waals surface area contributed by atoms with Gasteiger partial charge in [0.05, 0.1) is 11.2 Å². The molecular weight excluding hydrogens is 284 g/mol. The van der Waals surface area contributed by atoms with E-state index in [2.05, 4.69) is 20.4 Å². The lowest BCUT2D eigenvalue weighted by atomic mass is 10.5. The molecular formula is C11H9ClN6S. The van der Waals surface area contributed by atoms with Crippen LogP contribution >= 0.6 is 23.4 Å². The molecule has 3 aromatic rings. The molecule has 0 saturated heterocycles. The Morgan fingerprint density at radius 2 is 2.21 bits per heavy atom. The van der Waals surface area contributed by atoms with Crippen LogP contribution in [0.25, 0.3) is 5.65 Å². The molecule has 0 aliphatic carbocycles. The van der Waals surface area contributed by atoms with Gasteiger partial charge in [0.2, 0.25) is 0 Å². The number of nitrogens with zero attached hydrogens (tertiary/aromatic N) is 4. The third kappa shape index (κ3) is 2.48. The fraction of sp³-hybridized carbons (Fsp3) is 0. The normalized spacial score (nSPS) is 10.8. The zero-order valence-corrected chi connectivity index (χ0v) is 11.2. The van der Waals surface area contributed by atoms with Crippen molar-refractivity contribution in [2.45, 2.75) is 10.1 Å². The van der Waals surface area contributed by atoms with Gasteiger partial charge in [0.25, 0.3) is 0 Å². The molecule has 3 heterocycles. The van der Waals surface area contributed by atoms with Crippen molar-refractivity contribution in [2.75, 3.05) is 5.43 Å². The van der Waals surface area contributed by atoms with Gasteiger partial charge in [-0.2, -0.15) is 0 Å². The number of anilines is 1. The number of aromatic nitrogens is 4. The van der Waals surface area contributed by atoms with Gasteiger partial charge in [-0.1, -0.05) is 11.6 Å². The number of hydrogen-bond donors (Lipinski definition) is 2. The van der Waals surface area contributed by atoms with Crippen molar-refractivity contribution < 1.29 is 0 Å². The van der Waals surface area contributed by atoms with Crippen LogP contribution in [-0.4, -0.2) is 19.4 Å². The highest BCUT2D eigenvalue weighted by Crippen LogP contribution is 2.28.